The number of carbonyl (C=O) groups excluding carboxylic acids is 1. The van der Waals surface area contributed by atoms with Crippen LogP contribution >= 0.6 is 0 Å². The summed E-state index contributed by atoms with van der Waals surface area (Å²) in [5.41, 5.74) is 2.33. The van der Waals surface area contributed by atoms with Crippen molar-refractivity contribution in [3.8, 4) is 17.5 Å². The Labute approximate surface area is 165 Å². The summed E-state index contributed by atoms with van der Waals surface area (Å²) in [6, 6.07) is 5.40. The molecule has 5 heterocycles. The molecule has 0 radical (unpaired) electrons. The Bertz CT molecular complexity index is 1350. The van der Waals surface area contributed by atoms with Crippen molar-refractivity contribution in [3.63, 3.8) is 0 Å². The highest BCUT2D eigenvalue weighted by molar-refractivity contribution is 5.88. The molecule has 0 saturated carbocycles. The molecule has 0 fully saturated rings. The maximum absolute atomic E-state index is 13.2. The molecule has 8 heteroatoms. The van der Waals surface area contributed by atoms with E-state index < -0.39 is 11.6 Å². The van der Waals surface area contributed by atoms with Crippen LogP contribution in [-0.4, -0.2) is 25.6 Å². The van der Waals surface area contributed by atoms with E-state index in [0.29, 0.717) is 34.7 Å². The zero-order valence-electron chi connectivity index (χ0n) is 15.8. The van der Waals surface area contributed by atoms with Gasteiger partial charge in [-0.15, -0.1) is 0 Å². The molecule has 1 atom stereocenters. The molecule has 8 nitrogen and oxygen atoms in total. The summed E-state index contributed by atoms with van der Waals surface area (Å²) in [6.07, 6.45) is 1.64. The second-order valence-corrected chi connectivity index (χ2v) is 7.37. The predicted molar refractivity (Wildman–Crippen MR) is 102 cm³/mol. The van der Waals surface area contributed by atoms with Crippen LogP contribution in [0.5, 0.6) is 0 Å². The second-order valence-electron chi connectivity index (χ2n) is 7.37. The minimum Gasteiger partial charge on any atom is -0.458 e. The van der Waals surface area contributed by atoms with Crippen molar-refractivity contribution >= 4 is 16.9 Å². The minimum atomic E-state index is -1.85. The highest BCUT2D eigenvalue weighted by atomic mass is 16.6. The van der Waals surface area contributed by atoms with Gasteiger partial charge in [-0.1, -0.05) is 6.92 Å². The molecule has 0 saturated heterocycles. The van der Waals surface area contributed by atoms with Crippen LogP contribution < -0.4 is 5.56 Å². The molecule has 2 aliphatic rings. The van der Waals surface area contributed by atoms with Crippen LogP contribution in [0.15, 0.2) is 23.1 Å². The summed E-state index contributed by atoms with van der Waals surface area (Å²) >= 11 is 0. The van der Waals surface area contributed by atoms with E-state index in [2.05, 4.69) is 9.97 Å². The summed E-state index contributed by atoms with van der Waals surface area (Å²) in [6.45, 7) is 3.77. The van der Waals surface area contributed by atoms with Gasteiger partial charge in [0.1, 0.15) is 18.4 Å². The molecule has 0 bridgehead atoms. The van der Waals surface area contributed by atoms with E-state index in [1.165, 1.54) is 0 Å². The maximum atomic E-state index is 13.2. The smallest absolute Gasteiger partial charge is 0.343 e. The van der Waals surface area contributed by atoms with Crippen molar-refractivity contribution in [2.24, 2.45) is 0 Å². The molecule has 3 aromatic rings. The van der Waals surface area contributed by atoms with Gasteiger partial charge >= 0.3 is 5.97 Å². The summed E-state index contributed by atoms with van der Waals surface area (Å²) in [7, 11) is 0. The number of fused-ring (bicyclic) bond motifs is 5. The first-order valence-corrected chi connectivity index (χ1v) is 9.25. The molecule has 29 heavy (non-hydrogen) atoms. The number of hydrogen-bond donors (Lipinski definition) is 1. The van der Waals surface area contributed by atoms with E-state index in [9.17, 15) is 14.7 Å². The van der Waals surface area contributed by atoms with E-state index in [1.54, 1.807) is 29.8 Å². The van der Waals surface area contributed by atoms with Crippen molar-refractivity contribution in [3.05, 3.63) is 56.6 Å². The van der Waals surface area contributed by atoms with Crippen LogP contribution in [0.1, 0.15) is 41.3 Å². The van der Waals surface area contributed by atoms with Gasteiger partial charge in [-0.25, -0.2) is 14.8 Å². The average Bonchev–Trinajstić information content (AvgIpc) is 3.10. The standard InChI is InChI=1S/C21H16N4O4/c1-3-21(28)15-5-17-18-13(8-25(17)19(26)14(15)9-29-20(21)27)10(2)12-4-11(6-22)23-7-16(12)24-18/h4-5,7,28H,3,8-9H2,1-2H3/t21-/m0/s1. The molecule has 0 spiro atoms. The van der Waals surface area contributed by atoms with Crippen molar-refractivity contribution in [2.75, 3.05) is 0 Å². The quantitative estimate of drug-likeness (QED) is 0.493. The summed E-state index contributed by atoms with van der Waals surface area (Å²) in [4.78, 5) is 34.2. The van der Waals surface area contributed by atoms with E-state index in [0.717, 1.165) is 16.5 Å². The summed E-state index contributed by atoms with van der Waals surface area (Å²) in [5.74, 6) is -0.744. The first-order chi connectivity index (χ1) is 13.9. The molecular weight excluding hydrogens is 372 g/mol. The van der Waals surface area contributed by atoms with E-state index in [1.807, 2.05) is 13.0 Å². The fourth-order valence-electron chi connectivity index (χ4n) is 4.24. The molecule has 0 aliphatic carbocycles. The Balaban J connectivity index is 1.82. The Morgan fingerprint density at radius 2 is 2.14 bits per heavy atom. The van der Waals surface area contributed by atoms with E-state index in [-0.39, 0.29) is 24.2 Å². The highest BCUT2D eigenvalue weighted by Gasteiger charge is 2.45. The number of esters is 1. The Kier molecular flexibility index (Phi) is 3.46. The molecule has 0 aromatic carbocycles. The third kappa shape index (κ3) is 2.16. The Hall–Kier alpha value is -3.57. The van der Waals surface area contributed by atoms with Gasteiger partial charge in [0.2, 0.25) is 0 Å². The normalized spacial score (nSPS) is 19.3. The number of ether oxygens (including phenoxy) is 1. The number of cyclic esters (lactones) is 1. The molecule has 144 valence electrons. The van der Waals surface area contributed by atoms with Crippen LogP contribution in [0.4, 0.5) is 0 Å². The molecule has 3 aromatic heterocycles. The van der Waals surface area contributed by atoms with Gasteiger partial charge in [0.05, 0.1) is 35.2 Å². The van der Waals surface area contributed by atoms with Gasteiger partial charge in [0.25, 0.3) is 5.56 Å². The number of pyridine rings is 3. The van der Waals surface area contributed by atoms with Gasteiger partial charge in [-0.2, -0.15) is 5.26 Å². The van der Waals surface area contributed by atoms with Crippen LogP contribution in [0, 0.1) is 18.3 Å². The summed E-state index contributed by atoms with van der Waals surface area (Å²) in [5, 5.41) is 20.8. The highest BCUT2D eigenvalue weighted by Crippen LogP contribution is 2.39. The summed E-state index contributed by atoms with van der Waals surface area (Å²) < 4.78 is 6.68. The monoisotopic (exact) mass is 388 g/mol. The number of nitriles is 1. The molecular formula is C21H16N4O4. The molecule has 5 rings (SSSR count). The number of carbonyl (C=O) groups is 1. The van der Waals surface area contributed by atoms with Crippen LogP contribution in [0.25, 0.3) is 22.3 Å². The third-order valence-corrected chi connectivity index (χ3v) is 5.97. The lowest BCUT2D eigenvalue weighted by Crippen LogP contribution is -2.44. The maximum Gasteiger partial charge on any atom is 0.343 e. The lowest BCUT2D eigenvalue weighted by atomic mass is 9.86. The number of aromatic nitrogens is 3. The SMILES string of the molecule is CC[C@@]1(O)C(=O)OCc2c1cc1n(c2=O)Cc2c-1nc1cnc(C#N)cc1c2C. The van der Waals surface area contributed by atoms with Gasteiger partial charge in [-0.3, -0.25) is 4.79 Å². The van der Waals surface area contributed by atoms with Crippen LogP contribution in [-0.2, 0) is 28.3 Å². The fourth-order valence-corrected chi connectivity index (χ4v) is 4.24. The van der Waals surface area contributed by atoms with Crippen molar-refractivity contribution < 1.29 is 14.6 Å². The zero-order chi connectivity index (χ0) is 20.5. The molecule has 2 aliphatic heterocycles. The van der Waals surface area contributed by atoms with Crippen molar-refractivity contribution in [1.29, 1.82) is 5.26 Å². The van der Waals surface area contributed by atoms with Crippen LogP contribution in [0.2, 0.25) is 0 Å². The molecule has 0 amide bonds. The second kappa shape index (κ2) is 5.72. The Morgan fingerprint density at radius 1 is 1.34 bits per heavy atom. The van der Waals surface area contributed by atoms with E-state index in [4.69, 9.17) is 10.00 Å². The van der Waals surface area contributed by atoms with Gasteiger partial charge < -0.3 is 14.4 Å². The predicted octanol–water partition coefficient (Wildman–Crippen LogP) is 1.65. The first-order valence-electron chi connectivity index (χ1n) is 9.25. The molecule has 0 unspecified atom stereocenters. The number of hydrogen-bond acceptors (Lipinski definition) is 7. The fraction of sp³-hybridized carbons (Fsp3) is 0.286. The number of nitrogens with zero attached hydrogens (tertiary/aromatic N) is 4. The number of aliphatic hydroxyl groups is 1. The topological polar surface area (TPSA) is 118 Å². The molecule has 1 N–H and O–H groups in total. The van der Waals surface area contributed by atoms with Gasteiger partial charge in [0, 0.05) is 16.5 Å². The lowest BCUT2D eigenvalue weighted by Gasteiger charge is -2.31. The average molecular weight is 388 g/mol. The largest absolute Gasteiger partial charge is 0.458 e. The first kappa shape index (κ1) is 17.5. The van der Waals surface area contributed by atoms with E-state index >= 15 is 0 Å². The van der Waals surface area contributed by atoms with Crippen molar-refractivity contribution in [2.45, 2.75) is 39.0 Å². The number of rotatable bonds is 1. The van der Waals surface area contributed by atoms with Gasteiger partial charge in [0.15, 0.2) is 5.60 Å². The number of aryl methyl sites for hydroxylation is 1. The van der Waals surface area contributed by atoms with Crippen LogP contribution in [0.3, 0.4) is 0 Å². The Morgan fingerprint density at radius 3 is 2.86 bits per heavy atom. The van der Waals surface area contributed by atoms with Gasteiger partial charge in [-0.05, 0) is 31.0 Å². The van der Waals surface area contributed by atoms with Crippen molar-refractivity contribution in [1.82, 2.24) is 14.5 Å². The zero-order valence-corrected chi connectivity index (χ0v) is 15.8. The minimum absolute atomic E-state index is 0.0968. The third-order valence-electron chi connectivity index (χ3n) is 5.97. The lowest BCUT2D eigenvalue weighted by molar-refractivity contribution is -0.172.